The second-order valence-corrected chi connectivity index (χ2v) is 5.01. The van der Waals surface area contributed by atoms with E-state index in [1.807, 2.05) is 0 Å². The van der Waals surface area contributed by atoms with E-state index >= 15 is 0 Å². The standard InChI is InChI=1S/C8H16N2O3S/c1-8(2,6(9)7(12)13)14-4-5(11)10-3/h6H,4,9H2,1-3H3,(H,10,11)(H,12,13)/t6-/m1/s1. The van der Waals surface area contributed by atoms with E-state index < -0.39 is 16.8 Å². The largest absolute Gasteiger partial charge is 0.480 e. The van der Waals surface area contributed by atoms with Crippen LogP contribution in [0, 0.1) is 0 Å². The highest BCUT2D eigenvalue weighted by atomic mass is 32.2. The number of carbonyl (C=O) groups excluding carboxylic acids is 1. The molecule has 14 heavy (non-hydrogen) atoms. The van der Waals surface area contributed by atoms with Gasteiger partial charge in [-0.3, -0.25) is 9.59 Å². The van der Waals surface area contributed by atoms with Gasteiger partial charge in [0.1, 0.15) is 6.04 Å². The molecule has 0 heterocycles. The molecule has 0 aromatic carbocycles. The molecule has 1 atom stereocenters. The number of carboxylic acid groups (broad SMARTS) is 1. The minimum Gasteiger partial charge on any atom is -0.480 e. The van der Waals surface area contributed by atoms with E-state index in [1.54, 1.807) is 13.8 Å². The van der Waals surface area contributed by atoms with Crippen LogP contribution in [-0.4, -0.2) is 40.6 Å². The van der Waals surface area contributed by atoms with E-state index in [-0.39, 0.29) is 11.7 Å². The van der Waals surface area contributed by atoms with Crippen LogP contribution in [0.2, 0.25) is 0 Å². The molecule has 0 spiro atoms. The summed E-state index contributed by atoms with van der Waals surface area (Å²) >= 11 is 1.23. The first-order chi connectivity index (χ1) is 6.31. The Morgan fingerprint density at radius 2 is 2.07 bits per heavy atom. The van der Waals surface area contributed by atoms with E-state index in [9.17, 15) is 9.59 Å². The van der Waals surface area contributed by atoms with Crippen molar-refractivity contribution in [2.24, 2.45) is 5.73 Å². The van der Waals surface area contributed by atoms with Gasteiger partial charge in [0.05, 0.1) is 5.75 Å². The molecule has 0 aromatic rings. The topological polar surface area (TPSA) is 92.4 Å². The summed E-state index contributed by atoms with van der Waals surface area (Å²) in [6, 6.07) is -0.975. The Morgan fingerprint density at radius 3 is 2.43 bits per heavy atom. The summed E-state index contributed by atoms with van der Waals surface area (Å²) in [5.41, 5.74) is 5.47. The maximum atomic E-state index is 10.9. The first-order valence-corrected chi connectivity index (χ1v) is 5.12. The van der Waals surface area contributed by atoms with Crippen molar-refractivity contribution in [3.8, 4) is 0 Å². The van der Waals surface area contributed by atoms with Crippen molar-refractivity contribution in [3.63, 3.8) is 0 Å². The second kappa shape index (κ2) is 5.21. The number of aliphatic carboxylic acids is 1. The fraction of sp³-hybridized carbons (Fsp3) is 0.750. The van der Waals surface area contributed by atoms with E-state index in [1.165, 1.54) is 18.8 Å². The van der Waals surface area contributed by atoms with Gasteiger partial charge in [0, 0.05) is 11.8 Å². The zero-order chi connectivity index (χ0) is 11.4. The minimum atomic E-state index is -1.06. The van der Waals surface area contributed by atoms with Crippen LogP contribution in [0.3, 0.4) is 0 Å². The molecule has 0 aliphatic rings. The van der Waals surface area contributed by atoms with Crippen LogP contribution in [0.15, 0.2) is 0 Å². The van der Waals surface area contributed by atoms with Gasteiger partial charge in [0.15, 0.2) is 0 Å². The van der Waals surface area contributed by atoms with Gasteiger partial charge < -0.3 is 16.2 Å². The zero-order valence-electron chi connectivity index (χ0n) is 8.53. The van der Waals surface area contributed by atoms with E-state index in [4.69, 9.17) is 10.8 Å². The number of thioether (sulfide) groups is 1. The van der Waals surface area contributed by atoms with Crippen LogP contribution < -0.4 is 11.1 Å². The van der Waals surface area contributed by atoms with Crippen LogP contribution in [0.4, 0.5) is 0 Å². The lowest BCUT2D eigenvalue weighted by Gasteiger charge is -2.27. The van der Waals surface area contributed by atoms with Crippen molar-refractivity contribution in [1.29, 1.82) is 0 Å². The number of nitrogens with one attached hydrogen (secondary N) is 1. The zero-order valence-corrected chi connectivity index (χ0v) is 9.35. The molecule has 6 heteroatoms. The molecule has 82 valence electrons. The molecule has 0 unspecified atom stereocenters. The molecule has 1 amide bonds. The maximum absolute atomic E-state index is 10.9. The van der Waals surface area contributed by atoms with Crippen molar-refractivity contribution < 1.29 is 14.7 Å². The lowest BCUT2D eigenvalue weighted by atomic mass is 10.1. The molecule has 0 radical (unpaired) electrons. The Kier molecular flexibility index (Phi) is 4.93. The predicted octanol–water partition coefficient (Wildman–Crippen LogP) is -0.344. The first-order valence-electron chi connectivity index (χ1n) is 4.14. The molecular formula is C8H16N2O3S. The van der Waals surface area contributed by atoms with Crippen molar-refractivity contribution >= 4 is 23.6 Å². The molecule has 0 saturated carbocycles. The highest BCUT2D eigenvalue weighted by Crippen LogP contribution is 2.26. The summed E-state index contributed by atoms with van der Waals surface area (Å²) in [6.45, 7) is 3.42. The summed E-state index contributed by atoms with van der Waals surface area (Å²) in [5.74, 6) is -0.982. The third-order valence-electron chi connectivity index (χ3n) is 1.87. The lowest BCUT2D eigenvalue weighted by Crippen LogP contribution is -2.47. The SMILES string of the molecule is CNC(=O)CSC(C)(C)[C@H](N)C(=O)O. The van der Waals surface area contributed by atoms with Gasteiger partial charge >= 0.3 is 5.97 Å². The second-order valence-electron chi connectivity index (χ2n) is 3.38. The van der Waals surface area contributed by atoms with Gasteiger partial charge in [-0.2, -0.15) is 0 Å². The van der Waals surface area contributed by atoms with Crippen molar-refractivity contribution in [1.82, 2.24) is 5.32 Å². The number of carbonyl (C=O) groups is 2. The summed E-state index contributed by atoms with van der Waals surface area (Å²) in [7, 11) is 1.53. The van der Waals surface area contributed by atoms with Gasteiger partial charge in [0.25, 0.3) is 0 Å². The quantitative estimate of drug-likeness (QED) is 0.589. The Bertz CT molecular complexity index is 231. The molecule has 4 N–H and O–H groups in total. The first kappa shape index (κ1) is 13.2. The summed E-state index contributed by atoms with van der Waals surface area (Å²) in [4.78, 5) is 21.6. The fourth-order valence-electron chi connectivity index (χ4n) is 0.711. The summed E-state index contributed by atoms with van der Waals surface area (Å²) in [5, 5.41) is 11.2. The van der Waals surface area contributed by atoms with Gasteiger partial charge in [-0.15, -0.1) is 11.8 Å². The number of rotatable bonds is 5. The maximum Gasteiger partial charge on any atom is 0.321 e. The molecule has 0 aliphatic heterocycles. The summed E-state index contributed by atoms with van der Waals surface area (Å²) in [6.07, 6.45) is 0. The average Bonchev–Trinajstić information content (AvgIpc) is 2.12. The van der Waals surface area contributed by atoms with Gasteiger partial charge in [-0.1, -0.05) is 0 Å². The number of amides is 1. The number of nitrogens with two attached hydrogens (primary N) is 1. The molecule has 0 aliphatic carbocycles. The number of carboxylic acids is 1. The molecule has 0 saturated heterocycles. The van der Waals surface area contributed by atoms with Crippen LogP contribution >= 0.6 is 11.8 Å². The molecule has 0 rings (SSSR count). The Balaban J connectivity index is 4.19. The third kappa shape index (κ3) is 3.97. The van der Waals surface area contributed by atoms with Crippen LogP contribution in [0.1, 0.15) is 13.8 Å². The lowest BCUT2D eigenvalue weighted by molar-refractivity contribution is -0.139. The van der Waals surface area contributed by atoms with Crippen molar-refractivity contribution in [2.75, 3.05) is 12.8 Å². The molecule has 5 nitrogen and oxygen atoms in total. The summed E-state index contributed by atoms with van der Waals surface area (Å²) < 4.78 is -0.654. The molecule has 0 bridgehead atoms. The monoisotopic (exact) mass is 220 g/mol. The highest BCUT2D eigenvalue weighted by molar-refractivity contribution is 8.01. The van der Waals surface area contributed by atoms with Gasteiger partial charge in [-0.25, -0.2) is 0 Å². The van der Waals surface area contributed by atoms with E-state index in [2.05, 4.69) is 5.32 Å². The van der Waals surface area contributed by atoms with Gasteiger partial charge in [-0.05, 0) is 13.8 Å². The Morgan fingerprint density at radius 1 is 1.57 bits per heavy atom. The van der Waals surface area contributed by atoms with Crippen LogP contribution in [-0.2, 0) is 9.59 Å². The highest BCUT2D eigenvalue weighted by Gasteiger charge is 2.32. The fourth-order valence-corrected chi connectivity index (χ4v) is 1.64. The normalized spacial score (nSPS) is 13.4. The number of hydrogen-bond acceptors (Lipinski definition) is 4. The molecule has 0 aromatic heterocycles. The third-order valence-corrected chi connectivity index (χ3v) is 3.27. The number of hydrogen-bond donors (Lipinski definition) is 3. The minimum absolute atomic E-state index is 0.138. The van der Waals surface area contributed by atoms with E-state index in [0.717, 1.165) is 0 Å². The smallest absolute Gasteiger partial charge is 0.321 e. The molecule has 0 fully saturated rings. The van der Waals surface area contributed by atoms with Crippen LogP contribution in [0.25, 0.3) is 0 Å². The van der Waals surface area contributed by atoms with Crippen LogP contribution in [0.5, 0.6) is 0 Å². The Labute approximate surface area is 87.4 Å². The predicted molar refractivity (Wildman–Crippen MR) is 56.2 cm³/mol. The van der Waals surface area contributed by atoms with Crippen molar-refractivity contribution in [2.45, 2.75) is 24.6 Å². The average molecular weight is 220 g/mol. The van der Waals surface area contributed by atoms with Gasteiger partial charge in [0.2, 0.25) is 5.91 Å². The molecular weight excluding hydrogens is 204 g/mol. The van der Waals surface area contributed by atoms with E-state index in [0.29, 0.717) is 0 Å². The van der Waals surface area contributed by atoms with Crippen molar-refractivity contribution in [3.05, 3.63) is 0 Å². The Hall–Kier alpha value is -0.750.